The molecule has 0 bridgehead atoms. The lowest BCUT2D eigenvalue weighted by molar-refractivity contribution is -0.123. The topological polar surface area (TPSA) is 74.6 Å². The lowest BCUT2D eigenvalue weighted by Crippen LogP contribution is -2.47. The van der Waals surface area contributed by atoms with Crippen LogP contribution in [0.25, 0.3) is 0 Å². The monoisotopic (exact) mass is 327 g/mol. The minimum atomic E-state index is -0.538. The Balaban J connectivity index is 2.48. The van der Waals surface area contributed by atoms with Crippen LogP contribution in [0.4, 0.5) is 0 Å². The van der Waals surface area contributed by atoms with Gasteiger partial charge in [0.2, 0.25) is 5.91 Å². The molecule has 2 N–H and O–H groups in total. The average molecular weight is 327 g/mol. The van der Waals surface area contributed by atoms with Gasteiger partial charge in [-0.2, -0.15) is 11.8 Å². The highest BCUT2D eigenvalue weighted by atomic mass is 32.2. The molecule has 1 atom stereocenters. The SMILES string of the molecule is CSCC[C@H](NC(=O)c1ccco1)C(=O)NCCCN(C)C. The zero-order valence-corrected chi connectivity index (χ0v) is 14.2. The van der Waals surface area contributed by atoms with Gasteiger partial charge in [-0.1, -0.05) is 0 Å². The summed E-state index contributed by atoms with van der Waals surface area (Å²) in [6.45, 7) is 1.51. The Morgan fingerprint density at radius 2 is 2.18 bits per heavy atom. The molecular weight excluding hydrogens is 302 g/mol. The third-order valence-electron chi connectivity index (χ3n) is 3.06. The third kappa shape index (κ3) is 7.00. The molecule has 124 valence electrons. The van der Waals surface area contributed by atoms with Gasteiger partial charge < -0.3 is 20.0 Å². The van der Waals surface area contributed by atoms with Crippen molar-refractivity contribution in [2.75, 3.05) is 39.2 Å². The summed E-state index contributed by atoms with van der Waals surface area (Å²) in [5.74, 6) is 0.510. The second kappa shape index (κ2) is 10.3. The van der Waals surface area contributed by atoms with Gasteiger partial charge in [0.1, 0.15) is 6.04 Å². The molecule has 0 spiro atoms. The van der Waals surface area contributed by atoms with Crippen LogP contribution in [0.15, 0.2) is 22.8 Å². The number of furan rings is 1. The van der Waals surface area contributed by atoms with E-state index in [1.165, 1.54) is 6.26 Å². The Hall–Kier alpha value is -1.47. The zero-order chi connectivity index (χ0) is 16.4. The maximum absolute atomic E-state index is 12.2. The molecule has 1 rings (SSSR count). The van der Waals surface area contributed by atoms with Crippen molar-refractivity contribution in [3.63, 3.8) is 0 Å². The highest BCUT2D eigenvalue weighted by Gasteiger charge is 2.21. The second-order valence-electron chi connectivity index (χ2n) is 5.23. The van der Waals surface area contributed by atoms with Crippen LogP contribution >= 0.6 is 11.8 Å². The molecule has 0 aliphatic heterocycles. The summed E-state index contributed by atoms with van der Waals surface area (Å²) in [5.41, 5.74) is 0. The fraction of sp³-hybridized carbons (Fsp3) is 0.600. The van der Waals surface area contributed by atoms with Crippen LogP contribution in [0.5, 0.6) is 0 Å². The Morgan fingerprint density at radius 1 is 1.41 bits per heavy atom. The predicted octanol–water partition coefficient (Wildman–Crippen LogP) is 1.20. The van der Waals surface area contributed by atoms with E-state index in [9.17, 15) is 9.59 Å². The number of thioether (sulfide) groups is 1. The van der Waals surface area contributed by atoms with E-state index in [0.717, 1.165) is 18.7 Å². The van der Waals surface area contributed by atoms with Gasteiger partial charge in [-0.3, -0.25) is 9.59 Å². The molecule has 1 heterocycles. The highest BCUT2D eigenvalue weighted by Crippen LogP contribution is 2.05. The number of nitrogens with one attached hydrogen (secondary N) is 2. The fourth-order valence-electron chi connectivity index (χ4n) is 1.87. The number of amides is 2. The molecule has 2 amide bonds. The van der Waals surface area contributed by atoms with Crippen molar-refractivity contribution in [3.05, 3.63) is 24.2 Å². The minimum absolute atomic E-state index is 0.146. The number of hydrogen-bond donors (Lipinski definition) is 2. The van der Waals surface area contributed by atoms with E-state index in [0.29, 0.717) is 13.0 Å². The van der Waals surface area contributed by atoms with E-state index >= 15 is 0 Å². The first kappa shape index (κ1) is 18.6. The number of rotatable bonds is 10. The van der Waals surface area contributed by atoms with Gasteiger partial charge in [0.25, 0.3) is 5.91 Å². The van der Waals surface area contributed by atoms with Gasteiger partial charge in [0.15, 0.2) is 5.76 Å². The molecule has 1 aromatic heterocycles. The standard InChI is InChI=1S/C15H25N3O3S/c1-18(2)9-5-8-16-14(19)12(7-11-22-3)17-15(20)13-6-4-10-21-13/h4,6,10,12H,5,7-9,11H2,1-3H3,(H,16,19)(H,17,20)/t12-/m0/s1. The number of carbonyl (C=O) groups excluding carboxylic acids is 2. The van der Waals surface area contributed by atoms with E-state index in [2.05, 4.69) is 15.5 Å². The molecule has 0 saturated heterocycles. The molecule has 0 aliphatic carbocycles. The summed E-state index contributed by atoms with van der Waals surface area (Å²) in [5, 5.41) is 5.61. The first-order valence-corrected chi connectivity index (χ1v) is 8.69. The molecule has 0 radical (unpaired) electrons. The largest absolute Gasteiger partial charge is 0.459 e. The van der Waals surface area contributed by atoms with Crippen molar-refractivity contribution in [2.24, 2.45) is 0 Å². The van der Waals surface area contributed by atoms with Gasteiger partial charge in [-0.15, -0.1) is 0 Å². The zero-order valence-electron chi connectivity index (χ0n) is 13.4. The van der Waals surface area contributed by atoms with Crippen LogP contribution in [-0.2, 0) is 4.79 Å². The average Bonchev–Trinajstić information content (AvgIpc) is 3.01. The maximum Gasteiger partial charge on any atom is 0.287 e. The predicted molar refractivity (Wildman–Crippen MR) is 89.1 cm³/mol. The van der Waals surface area contributed by atoms with Gasteiger partial charge in [-0.25, -0.2) is 0 Å². The molecule has 0 aromatic carbocycles. The van der Waals surface area contributed by atoms with E-state index in [4.69, 9.17) is 4.42 Å². The van der Waals surface area contributed by atoms with Crippen molar-refractivity contribution in [2.45, 2.75) is 18.9 Å². The minimum Gasteiger partial charge on any atom is -0.459 e. The van der Waals surface area contributed by atoms with Gasteiger partial charge in [0.05, 0.1) is 6.26 Å². The summed E-state index contributed by atoms with van der Waals surface area (Å²) in [6, 6.07) is 2.69. The van der Waals surface area contributed by atoms with Crippen molar-refractivity contribution >= 4 is 23.6 Å². The molecule has 7 heteroatoms. The van der Waals surface area contributed by atoms with Crippen molar-refractivity contribution in [1.29, 1.82) is 0 Å². The quantitative estimate of drug-likeness (QED) is 0.632. The first-order chi connectivity index (χ1) is 10.5. The first-order valence-electron chi connectivity index (χ1n) is 7.30. The highest BCUT2D eigenvalue weighted by molar-refractivity contribution is 7.98. The van der Waals surface area contributed by atoms with Crippen molar-refractivity contribution < 1.29 is 14.0 Å². The van der Waals surface area contributed by atoms with Crippen LogP contribution in [0.2, 0.25) is 0 Å². The van der Waals surface area contributed by atoms with Crippen LogP contribution in [0.3, 0.4) is 0 Å². The van der Waals surface area contributed by atoms with E-state index in [1.54, 1.807) is 23.9 Å². The summed E-state index contributed by atoms with van der Waals surface area (Å²) in [6.07, 6.45) is 4.88. The maximum atomic E-state index is 12.2. The van der Waals surface area contributed by atoms with Crippen LogP contribution in [0.1, 0.15) is 23.4 Å². The Kier molecular flexibility index (Phi) is 8.69. The van der Waals surface area contributed by atoms with Crippen LogP contribution < -0.4 is 10.6 Å². The molecule has 0 unspecified atom stereocenters. The number of hydrogen-bond acceptors (Lipinski definition) is 5. The smallest absolute Gasteiger partial charge is 0.287 e. The number of nitrogens with zero attached hydrogens (tertiary/aromatic N) is 1. The molecule has 22 heavy (non-hydrogen) atoms. The summed E-state index contributed by atoms with van der Waals surface area (Å²) in [4.78, 5) is 26.3. The fourth-order valence-corrected chi connectivity index (χ4v) is 2.34. The lowest BCUT2D eigenvalue weighted by atomic mass is 10.2. The molecule has 6 nitrogen and oxygen atoms in total. The third-order valence-corrected chi connectivity index (χ3v) is 3.70. The molecule has 0 aliphatic rings. The molecule has 0 fully saturated rings. The van der Waals surface area contributed by atoms with Gasteiger partial charge in [-0.05, 0) is 57.6 Å². The van der Waals surface area contributed by atoms with Gasteiger partial charge >= 0.3 is 0 Å². The van der Waals surface area contributed by atoms with Crippen LogP contribution in [-0.4, -0.2) is 61.9 Å². The Labute approximate surface area is 136 Å². The van der Waals surface area contributed by atoms with Crippen molar-refractivity contribution in [1.82, 2.24) is 15.5 Å². The van der Waals surface area contributed by atoms with Crippen molar-refractivity contribution in [3.8, 4) is 0 Å². The lowest BCUT2D eigenvalue weighted by Gasteiger charge is -2.18. The Bertz CT molecular complexity index is 449. The van der Waals surface area contributed by atoms with E-state index < -0.39 is 6.04 Å². The molecule has 0 saturated carbocycles. The van der Waals surface area contributed by atoms with E-state index in [-0.39, 0.29) is 17.6 Å². The molecule has 1 aromatic rings. The summed E-state index contributed by atoms with van der Waals surface area (Å²) in [7, 11) is 3.99. The summed E-state index contributed by atoms with van der Waals surface area (Å²) < 4.78 is 5.05. The van der Waals surface area contributed by atoms with E-state index in [1.807, 2.05) is 20.4 Å². The van der Waals surface area contributed by atoms with Gasteiger partial charge in [0, 0.05) is 6.54 Å². The number of carbonyl (C=O) groups is 2. The Morgan fingerprint density at radius 3 is 2.77 bits per heavy atom. The normalized spacial score (nSPS) is 12.2. The second-order valence-corrected chi connectivity index (χ2v) is 6.22. The summed E-state index contributed by atoms with van der Waals surface area (Å²) >= 11 is 1.64. The molecular formula is C15H25N3O3S. The van der Waals surface area contributed by atoms with Crippen LogP contribution in [0, 0.1) is 0 Å².